The number of halogens is 1. The lowest BCUT2D eigenvalue weighted by molar-refractivity contribution is -0.122. The van der Waals surface area contributed by atoms with E-state index in [2.05, 4.69) is 15.0 Å². The van der Waals surface area contributed by atoms with E-state index in [0.29, 0.717) is 27.7 Å². The smallest absolute Gasteiger partial charge is 0.265 e. The average Bonchev–Trinajstić information content (AvgIpc) is 2.80. The van der Waals surface area contributed by atoms with Crippen LogP contribution in [0.5, 0.6) is 5.75 Å². The summed E-state index contributed by atoms with van der Waals surface area (Å²) < 4.78 is 9.40. The minimum absolute atomic E-state index is 0.174. The topological polar surface area (TPSA) is 87.0 Å². The molecule has 1 amide bonds. The van der Waals surface area contributed by atoms with Gasteiger partial charge in [0.25, 0.3) is 5.91 Å². The molecule has 1 aliphatic rings. The van der Waals surface area contributed by atoms with Gasteiger partial charge in [0.1, 0.15) is 22.4 Å². The van der Waals surface area contributed by atoms with Gasteiger partial charge in [-0.15, -0.1) is 0 Å². The van der Waals surface area contributed by atoms with Gasteiger partial charge in [0.05, 0.1) is 5.69 Å². The van der Waals surface area contributed by atoms with E-state index in [1.807, 2.05) is 6.07 Å². The van der Waals surface area contributed by atoms with Crippen molar-refractivity contribution in [2.24, 2.45) is 0 Å². The summed E-state index contributed by atoms with van der Waals surface area (Å²) in [6.45, 7) is 1.68. The average molecular weight is 321 g/mol. The molecule has 0 radical (unpaired) electrons. The van der Waals surface area contributed by atoms with Gasteiger partial charge in [-0.3, -0.25) is 4.79 Å². The lowest BCUT2D eigenvalue weighted by atomic mass is 10.2. The van der Waals surface area contributed by atoms with Gasteiger partial charge in [0, 0.05) is 5.69 Å². The number of hydrogen-bond donors (Lipinski definition) is 2. The summed E-state index contributed by atoms with van der Waals surface area (Å²) in [5, 5.41) is 15.6. The molecule has 0 bridgehead atoms. The number of anilines is 3. The van der Waals surface area contributed by atoms with E-state index in [0.717, 1.165) is 11.5 Å². The number of fused-ring (bicyclic) bond motifs is 1. The number of nitriles is 1. The van der Waals surface area contributed by atoms with E-state index < -0.39 is 6.10 Å². The second kappa shape index (κ2) is 5.24. The Morgan fingerprint density at radius 1 is 1.57 bits per heavy atom. The molecule has 0 saturated carbocycles. The summed E-state index contributed by atoms with van der Waals surface area (Å²) in [5.74, 6) is 0.411. The van der Waals surface area contributed by atoms with Crippen molar-refractivity contribution in [3.8, 4) is 11.8 Å². The van der Waals surface area contributed by atoms with Crippen LogP contribution in [0.15, 0.2) is 18.2 Å². The highest BCUT2D eigenvalue weighted by atomic mass is 35.5. The van der Waals surface area contributed by atoms with Crippen LogP contribution in [0.1, 0.15) is 12.5 Å². The van der Waals surface area contributed by atoms with E-state index in [1.165, 1.54) is 0 Å². The first-order valence-corrected chi connectivity index (χ1v) is 7.17. The van der Waals surface area contributed by atoms with E-state index in [1.54, 1.807) is 25.1 Å². The summed E-state index contributed by atoms with van der Waals surface area (Å²) >= 11 is 6.92. The zero-order chi connectivity index (χ0) is 15.0. The van der Waals surface area contributed by atoms with Crippen LogP contribution in [0.2, 0.25) is 5.15 Å². The summed E-state index contributed by atoms with van der Waals surface area (Å²) in [5.41, 5.74) is 1.58. The van der Waals surface area contributed by atoms with Gasteiger partial charge in [-0.2, -0.15) is 9.64 Å². The van der Waals surface area contributed by atoms with Crippen molar-refractivity contribution in [3.05, 3.63) is 28.9 Å². The van der Waals surface area contributed by atoms with E-state index in [9.17, 15) is 4.79 Å². The van der Waals surface area contributed by atoms with Crippen molar-refractivity contribution in [2.75, 3.05) is 10.6 Å². The number of nitrogens with one attached hydrogen (secondary N) is 2. The van der Waals surface area contributed by atoms with Crippen LogP contribution in [-0.4, -0.2) is 16.4 Å². The van der Waals surface area contributed by atoms with Gasteiger partial charge in [-0.05, 0) is 36.7 Å². The molecule has 2 aromatic rings. The van der Waals surface area contributed by atoms with Crippen LogP contribution in [-0.2, 0) is 4.79 Å². The fraction of sp³-hybridized carbons (Fsp3) is 0.154. The summed E-state index contributed by atoms with van der Waals surface area (Å²) in [6, 6.07) is 7.27. The van der Waals surface area contributed by atoms with Gasteiger partial charge in [-0.1, -0.05) is 11.6 Å². The molecule has 2 heterocycles. The van der Waals surface area contributed by atoms with Crippen LogP contribution in [0.4, 0.5) is 16.4 Å². The van der Waals surface area contributed by atoms with Crippen molar-refractivity contribution in [3.63, 3.8) is 0 Å². The van der Waals surface area contributed by atoms with Gasteiger partial charge < -0.3 is 15.4 Å². The quantitative estimate of drug-likeness (QED) is 0.887. The molecule has 2 N–H and O–H groups in total. The van der Waals surface area contributed by atoms with Crippen molar-refractivity contribution in [1.82, 2.24) is 4.37 Å². The van der Waals surface area contributed by atoms with Crippen molar-refractivity contribution in [2.45, 2.75) is 13.0 Å². The van der Waals surface area contributed by atoms with Gasteiger partial charge in [0.15, 0.2) is 11.3 Å². The lowest BCUT2D eigenvalue weighted by Gasteiger charge is -2.23. The zero-order valence-electron chi connectivity index (χ0n) is 10.8. The minimum Gasteiger partial charge on any atom is -0.479 e. The number of amides is 1. The summed E-state index contributed by atoms with van der Waals surface area (Å²) in [6.07, 6.45) is -0.512. The van der Waals surface area contributed by atoms with Gasteiger partial charge in [-0.25, -0.2) is 0 Å². The first-order chi connectivity index (χ1) is 10.1. The number of rotatable bonds is 2. The fourth-order valence-electron chi connectivity index (χ4n) is 1.87. The number of ether oxygens (including phenoxy) is 1. The highest BCUT2D eigenvalue weighted by molar-refractivity contribution is 7.11. The second-order valence-corrected chi connectivity index (χ2v) is 5.51. The monoisotopic (exact) mass is 320 g/mol. The lowest BCUT2D eigenvalue weighted by Crippen LogP contribution is -2.34. The maximum Gasteiger partial charge on any atom is 0.265 e. The maximum atomic E-state index is 11.6. The fourth-order valence-corrected chi connectivity index (χ4v) is 2.83. The highest BCUT2D eigenvalue weighted by Gasteiger charge is 2.23. The van der Waals surface area contributed by atoms with Crippen molar-refractivity contribution < 1.29 is 9.53 Å². The molecule has 6 nitrogen and oxygen atoms in total. The van der Waals surface area contributed by atoms with Gasteiger partial charge in [0.2, 0.25) is 0 Å². The molecule has 1 atom stereocenters. The Kier molecular flexibility index (Phi) is 3.41. The molecule has 0 aliphatic carbocycles. The molecule has 8 heteroatoms. The van der Waals surface area contributed by atoms with Crippen LogP contribution >= 0.6 is 23.1 Å². The Morgan fingerprint density at radius 2 is 2.38 bits per heavy atom. The predicted octanol–water partition coefficient (Wildman–Crippen LogP) is 3.13. The number of hydrogen-bond acceptors (Lipinski definition) is 6. The van der Waals surface area contributed by atoms with Crippen LogP contribution in [0.3, 0.4) is 0 Å². The molecule has 3 rings (SSSR count). The second-order valence-electron chi connectivity index (χ2n) is 4.37. The normalized spacial score (nSPS) is 16.4. The number of carbonyl (C=O) groups excluding carboxylic acids is 1. The molecule has 0 saturated heterocycles. The number of carbonyl (C=O) groups is 1. The third-order valence-electron chi connectivity index (χ3n) is 2.93. The van der Waals surface area contributed by atoms with Crippen molar-refractivity contribution >= 4 is 45.4 Å². The van der Waals surface area contributed by atoms with E-state index in [-0.39, 0.29) is 11.1 Å². The zero-order valence-corrected chi connectivity index (χ0v) is 12.4. The predicted molar refractivity (Wildman–Crippen MR) is 80.3 cm³/mol. The Labute approximate surface area is 129 Å². The number of aromatic nitrogens is 1. The highest BCUT2D eigenvalue weighted by Crippen LogP contribution is 2.35. The molecule has 0 spiro atoms. The Bertz CT molecular complexity index is 768. The summed E-state index contributed by atoms with van der Waals surface area (Å²) in [7, 11) is 0. The third-order valence-corrected chi connectivity index (χ3v) is 4.07. The molecule has 1 unspecified atom stereocenters. The third kappa shape index (κ3) is 2.51. The Morgan fingerprint density at radius 3 is 3.14 bits per heavy atom. The maximum absolute atomic E-state index is 11.6. The molecule has 106 valence electrons. The molecule has 21 heavy (non-hydrogen) atoms. The molecular weight excluding hydrogens is 312 g/mol. The molecule has 0 fully saturated rings. The molecule has 1 aromatic heterocycles. The summed E-state index contributed by atoms with van der Waals surface area (Å²) in [4.78, 5) is 11.6. The van der Waals surface area contributed by atoms with Gasteiger partial charge >= 0.3 is 0 Å². The molecular formula is C13H9ClN4O2S. The molecule has 1 aromatic carbocycles. The first-order valence-electron chi connectivity index (χ1n) is 6.02. The standard InChI is InChI=1S/C13H9ClN4O2S/c1-6-12(19)17-9-4-7(2-3-10(9)20-6)16-13-8(5-15)11(14)18-21-13/h2-4,6,16H,1H3,(H,17,19). The van der Waals surface area contributed by atoms with Crippen molar-refractivity contribution in [1.29, 1.82) is 5.26 Å². The van der Waals surface area contributed by atoms with E-state index in [4.69, 9.17) is 21.6 Å². The first kappa shape index (κ1) is 13.7. The SMILES string of the molecule is CC1Oc2ccc(Nc3snc(Cl)c3C#N)cc2NC1=O. The Balaban J connectivity index is 1.90. The van der Waals surface area contributed by atoms with E-state index >= 15 is 0 Å². The van der Waals surface area contributed by atoms with Crippen LogP contribution in [0.25, 0.3) is 0 Å². The minimum atomic E-state index is -0.512. The largest absolute Gasteiger partial charge is 0.479 e. The Hall–Kier alpha value is -2.30. The number of nitrogens with zero attached hydrogens (tertiary/aromatic N) is 2. The van der Waals surface area contributed by atoms with Crippen LogP contribution < -0.4 is 15.4 Å². The number of benzene rings is 1. The molecule has 1 aliphatic heterocycles. The van der Waals surface area contributed by atoms with Crippen LogP contribution in [0, 0.1) is 11.3 Å².